The summed E-state index contributed by atoms with van der Waals surface area (Å²) in [4.78, 5) is 66.2. The van der Waals surface area contributed by atoms with Gasteiger partial charge in [0.05, 0.1) is 104 Å². The van der Waals surface area contributed by atoms with Crippen molar-refractivity contribution in [3.63, 3.8) is 0 Å². The molecule has 3 aliphatic heterocycles. The van der Waals surface area contributed by atoms with Crippen molar-refractivity contribution in [3.8, 4) is 11.3 Å². The average Bonchev–Trinajstić information content (AvgIpc) is 1.58. The van der Waals surface area contributed by atoms with Gasteiger partial charge in [0.15, 0.2) is 0 Å². The zero-order chi connectivity index (χ0) is 94.1. The summed E-state index contributed by atoms with van der Waals surface area (Å²) in [6, 6.07) is 51.7. The number of halogens is 8. The number of aryl methyl sites for hydroxylation is 3. The van der Waals surface area contributed by atoms with Gasteiger partial charge in [-0.25, -0.2) is 24.9 Å². The van der Waals surface area contributed by atoms with Gasteiger partial charge in [-0.15, -0.1) is 0 Å². The second-order valence-electron chi connectivity index (χ2n) is 32.5. The first kappa shape index (κ1) is 99.8. The molecule has 0 spiro atoms. The number of aromatic nitrogens is 10. The van der Waals surface area contributed by atoms with Crippen molar-refractivity contribution in [2.45, 2.75) is 108 Å². The van der Waals surface area contributed by atoms with E-state index in [9.17, 15) is 29.4 Å². The number of nitro benzene ring substituents is 2. The van der Waals surface area contributed by atoms with Gasteiger partial charge in [-0.05, 0) is 225 Å². The van der Waals surface area contributed by atoms with Crippen molar-refractivity contribution >= 4 is 214 Å². The van der Waals surface area contributed by atoms with E-state index in [-0.39, 0.29) is 29.9 Å². The van der Waals surface area contributed by atoms with E-state index in [1.165, 1.54) is 80.7 Å². The van der Waals surface area contributed by atoms with Crippen molar-refractivity contribution in [3.05, 3.63) is 246 Å². The Morgan fingerprint density at radius 3 is 1.34 bits per heavy atom. The normalized spacial score (nSPS) is 15.6. The zero-order valence-corrected chi connectivity index (χ0v) is 82.5. The Balaban J connectivity index is 0.000000141. The number of anilines is 9. The van der Waals surface area contributed by atoms with Crippen LogP contribution in [0.25, 0.3) is 44.4 Å². The first-order chi connectivity index (χ1) is 62.7. The van der Waals surface area contributed by atoms with Crippen molar-refractivity contribution in [1.29, 1.82) is 0 Å². The van der Waals surface area contributed by atoms with E-state index in [4.69, 9.17) is 84.4 Å². The van der Waals surface area contributed by atoms with Crippen LogP contribution < -0.4 is 48.0 Å². The van der Waals surface area contributed by atoms with Crippen molar-refractivity contribution < 1.29 is 42.9 Å². The van der Waals surface area contributed by atoms with E-state index in [0.29, 0.717) is 87.3 Å². The molecule has 4 saturated carbocycles. The fourth-order valence-corrected chi connectivity index (χ4v) is 15.7. The molecule has 0 amide bonds. The molecule has 131 heavy (non-hydrogen) atoms. The number of ether oxygens (including phenoxy) is 2. The summed E-state index contributed by atoms with van der Waals surface area (Å²) in [6.45, 7) is 14.1. The molecule has 8 heterocycles. The number of nitrogen functional groups attached to an aromatic ring is 1. The lowest BCUT2D eigenvalue weighted by Crippen LogP contribution is -2.41. The number of benzene rings is 8. The van der Waals surface area contributed by atoms with E-state index in [2.05, 4.69) is 227 Å². The smallest absolute Gasteiger partial charge is 0.481 e. The molecule has 20 rings (SSSR count). The summed E-state index contributed by atoms with van der Waals surface area (Å²) in [5.74, 6) is 6.88. The molecule has 8 aromatic carbocycles. The molecule has 4 aliphatic carbocycles. The van der Waals surface area contributed by atoms with Gasteiger partial charge in [-0.2, -0.15) is 14.4 Å². The lowest BCUT2D eigenvalue weighted by molar-refractivity contribution is -0.387. The highest BCUT2D eigenvalue weighted by Gasteiger charge is 2.52. The summed E-state index contributed by atoms with van der Waals surface area (Å²) >= 11 is 31.1. The predicted octanol–water partition coefficient (Wildman–Crippen LogP) is 21.5. The van der Waals surface area contributed by atoms with Gasteiger partial charge in [0, 0.05) is 148 Å². The second kappa shape index (κ2) is 45.5. The highest BCUT2D eigenvalue weighted by Crippen LogP contribution is 2.44. The van der Waals surface area contributed by atoms with Gasteiger partial charge >= 0.3 is 18.8 Å². The largest absolute Gasteiger partial charge is 0.494 e. The van der Waals surface area contributed by atoms with Crippen LogP contribution >= 0.6 is 98.5 Å². The number of imidazole rings is 3. The Labute approximate surface area is 807 Å². The Morgan fingerprint density at radius 2 is 0.908 bits per heavy atom. The standard InChI is InChI=1S/C25H25ClN6O.C17H23BN2O2.C14H14Cl2N4O.C11H11BrN2.C7H7BrN2O2.C7H9BrN2.C6H3BrFNO2.C4H6O2.CH5N/c1-31-22-14-17(4-9-20(22)28-24(31)16-2-3-16)21-15-23(27-19-7-5-18(26)6-8-19)30-25(29-21)32-10-12-33-13-11-32;1-16(2)17(3,4)22-18(21-16)12-8-9-13-14(10-12)20(5)15(19-13)11-6-7-11;15-10-1-3-11(4-2-10)17-13-9-12(16)18-14(19-13)20-5-7-21-8-6-20;1-14-10-6-8(12)4-5-9(10)13-11(14)7-2-3-7;1-9-6-4-5(8)2-3-7(6)10(11)12;1-10-7-4-5(8)2-3-6(7)9;7-4-1-2-6(9(10)11)5(8)3-4;5-4(6)3-1-2-3;1-2/h4-9,14-16H,2-3,10-13H2,1H3,(H,27,29,30);8-11H,6-7H2,1-5H3;1-4,9H,5-8H2,(H,17,18,19);4-7H,2-3H2,1H3;2-4,9H,1H3;2-4,10H,9H2,1H3;1-3H;3H,1-2H2,(H,5,6);2H2,1H3. The minimum absolute atomic E-state index is 0.0185. The lowest BCUT2D eigenvalue weighted by atomic mass is 9.79. The number of fused-ring (bicyclic) bond motifs is 3. The van der Waals surface area contributed by atoms with Crippen LogP contribution in [0.5, 0.6) is 0 Å². The molecule has 39 heteroatoms. The number of nitrogens with zero attached hydrogens (tertiary/aromatic N) is 14. The van der Waals surface area contributed by atoms with Gasteiger partial charge in [-0.1, -0.05) is 111 Å². The number of hydrogen-bond acceptors (Lipinski definition) is 24. The molecule has 13 aromatic rings. The van der Waals surface area contributed by atoms with Crippen LogP contribution in [0, 0.1) is 32.0 Å². The number of nitro groups is 2. The molecule has 0 atom stereocenters. The number of carboxylic acid groups (broad SMARTS) is 1. The lowest BCUT2D eigenvalue weighted by Gasteiger charge is -2.32. The van der Waals surface area contributed by atoms with Crippen LogP contribution in [0.3, 0.4) is 0 Å². The summed E-state index contributed by atoms with van der Waals surface area (Å²) in [6.07, 6.45) is 9.40. The summed E-state index contributed by atoms with van der Waals surface area (Å²) < 4.78 is 45.9. The van der Waals surface area contributed by atoms with Crippen molar-refractivity contribution in [1.82, 2.24) is 48.6 Å². The Bertz CT molecular complexity index is 6140. The average molecular weight is 2100 g/mol. The summed E-state index contributed by atoms with van der Waals surface area (Å²) in [5, 5.41) is 42.7. The topological polar surface area (TPSA) is 372 Å². The first-order valence-electron chi connectivity index (χ1n) is 42.5. The van der Waals surface area contributed by atoms with E-state index < -0.39 is 27.3 Å². The van der Waals surface area contributed by atoms with Crippen LogP contribution in [0.1, 0.15) is 114 Å². The van der Waals surface area contributed by atoms with E-state index >= 15 is 0 Å². The van der Waals surface area contributed by atoms with Crippen LogP contribution in [-0.4, -0.2) is 162 Å². The van der Waals surface area contributed by atoms with E-state index in [1.807, 2.05) is 85.9 Å². The molecular formula is C92H103BBr4Cl3FN20O10. The number of morpholine rings is 2. The molecular weight excluding hydrogens is 2000 g/mol. The summed E-state index contributed by atoms with van der Waals surface area (Å²) in [5.41, 5.74) is 22.8. The molecule has 0 radical (unpaired) electrons. The molecule has 0 bridgehead atoms. The fourth-order valence-electron chi connectivity index (χ4n) is 13.9. The van der Waals surface area contributed by atoms with Crippen LogP contribution in [-0.2, 0) is 44.7 Å². The Morgan fingerprint density at radius 1 is 0.504 bits per heavy atom. The number of nitrogens with one attached hydrogen (secondary N) is 4. The molecule has 690 valence electrons. The van der Waals surface area contributed by atoms with Crippen LogP contribution in [0.4, 0.5) is 67.7 Å². The van der Waals surface area contributed by atoms with Gasteiger partial charge < -0.3 is 80.1 Å². The van der Waals surface area contributed by atoms with Crippen LogP contribution in [0.2, 0.25) is 15.2 Å². The number of nitrogens with two attached hydrogens (primary N) is 2. The molecule has 3 saturated heterocycles. The number of aliphatic carboxylic acids is 1. The minimum Gasteiger partial charge on any atom is -0.481 e. The monoisotopic (exact) mass is 2100 g/mol. The summed E-state index contributed by atoms with van der Waals surface area (Å²) in [7, 11) is 11.0. The van der Waals surface area contributed by atoms with Gasteiger partial charge in [0.2, 0.25) is 17.7 Å². The molecule has 30 nitrogen and oxygen atoms in total. The zero-order valence-electron chi connectivity index (χ0n) is 73.9. The highest BCUT2D eigenvalue weighted by molar-refractivity contribution is 9.11. The quantitative estimate of drug-likeness (QED) is 0.0155. The third-order valence-electron chi connectivity index (χ3n) is 22.3. The Kier molecular flexibility index (Phi) is 34.6. The molecule has 5 aromatic heterocycles. The first-order valence-corrected chi connectivity index (χ1v) is 46.8. The van der Waals surface area contributed by atoms with Gasteiger partial charge in [0.25, 0.3) is 5.69 Å². The SMILES string of the molecule is CN.CNc1cc(Br)ccc1N.CNc1cc(Br)ccc1[N+](=O)[O-].Clc1ccc(Nc2cc(Cl)nc(N3CCOCC3)n2)cc1.Cn1c(C2CC2)nc2ccc(-c3cc(Nc4ccc(Cl)cc4)nc(N4CCOCC4)n3)cc21.Cn1c(C2CC2)nc2ccc(B3OC(C)(C)C(C)(C)O3)cc21.Cn1c(C2CC2)nc2ccc(Br)cc21.O=C(O)C1CC1.O=[N+]([O-])c1ccc(Br)cc1F. The molecule has 7 fully saturated rings. The second-order valence-corrected chi connectivity index (χ2v) is 37.4. The van der Waals surface area contributed by atoms with Crippen molar-refractivity contribution in [2.75, 3.05) is 111 Å². The highest BCUT2D eigenvalue weighted by atomic mass is 79.9. The fraction of sp³-hybridized carbons (Fsp3) is 0.348. The number of carboxylic acids is 1. The maximum absolute atomic E-state index is 12.6. The molecule has 7 aliphatic rings. The predicted molar refractivity (Wildman–Crippen MR) is 535 cm³/mol. The Hall–Kier alpha value is -10.2. The maximum atomic E-state index is 12.6. The van der Waals surface area contributed by atoms with Gasteiger partial charge in [0.1, 0.15) is 39.9 Å². The van der Waals surface area contributed by atoms with Crippen LogP contribution in [0.15, 0.2) is 188 Å². The minimum atomic E-state index is -0.829. The van der Waals surface area contributed by atoms with E-state index in [0.717, 1.165) is 137 Å². The number of rotatable bonds is 16. The third-order valence-corrected chi connectivity index (χ3v) is 25.0. The maximum Gasteiger partial charge on any atom is 0.494 e. The van der Waals surface area contributed by atoms with E-state index in [1.54, 1.807) is 25.2 Å². The molecule has 9 N–H and O–H groups in total. The number of hydrogen-bond donors (Lipinski definition) is 7. The van der Waals surface area contributed by atoms with Gasteiger partial charge in [-0.3, -0.25) is 25.0 Å². The number of carbonyl (C=O) groups is 1. The molecule has 0 unspecified atom stereocenters. The van der Waals surface area contributed by atoms with Crippen molar-refractivity contribution in [2.24, 2.45) is 32.8 Å². The third kappa shape index (κ3) is 27.3.